The van der Waals surface area contributed by atoms with Crippen LogP contribution in [-0.4, -0.2) is 50.6 Å². The van der Waals surface area contributed by atoms with Gasteiger partial charge in [0, 0.05) is 49.2 Å². The monoisotopic (exact) mass is 495 g/mol. The van der Waals surface area contributed by atoms with Crippen molar-refractivity contribution in [2.75, 3.05) is 19.8 Å². The molecule has 10 heteroatoms. The molecule has 3 heterocycles. The van der Waals surface area contributed by atoms with Gasteiger partial charge < -0.3 is 15.0 Å². The maximum absolute atomic E-state index is 9.01. The molecule has 0 amide bonds. The molecule has 1 fully saturated rings. The van der Waals surface area contributed by atoms with Crippen LogP contribution >= 0.6 is 23.8 Å². The normalized spacial score (nSPS) is 14.5. The van der Waals surface area contributed by atoms with Crippen LogP contribution in [0.15, 0.2) is 35.8 Å². The molecule has 0 spiro atoms. The van der Waals surface area contributed by atoms with Gasteiger partial charge in [-0.1, -0.05) is 11.6 Å². The summed E-state index contributed by atoms with van der Waals surface area (Å²) >= 11 is 11.8. The third-order valence-corrected chi connectivity index (χ3v) is 6.52. The smallest absolute Gasteiger partial charge is 0.186 e. The summed E-state index contributed by atoms with van der Waals surface area (Å²) in [4.78, 5) is 9.04. The lowest BCUT2D eigenvalue weighted by Gasteiger charge is -2.26. The third-order valence-electron chi connectivity index (χ3n) is 5.96. The number of ether oxygens (including phenoxy) is 1. The highest BCUT2D eigenvalue weighted by molar-refractivity contribution is 7.80. The first kappa shape index (κ1) is 24.1. The average Bonchev–Trinajstić information content (AvgIpc) is 3.26. The van der Waals surface area contributed by atoms with Crippen LogP contribution in [0.25, 0.3) is 22.3 Å². The maximum Gasteiger partial charge on any atom is 0.186 e. The van der Waals surface area contributed by atoms with Crippen LogP contribution in [0.1, 0.15) is 30.4 Å². The number of hydrogen-bond donors (Lipinski definition) is 1. The minimum absolute atomic E-state index is 0.228. The van der Waals surface area contributed by atoms with Gasteiger partial charge in [-0.05, 0) is 61.2 Å². The predicted molar refractivity (Wildman–Crippen MR) is 138 cm³/mol. The Bertz CT molecular complexity index is 1260. The zero-order valence-corrected chi connectivity index (χ0v) is 20.5. The van der Waals surface area contributed by atoms with Gasteiger partial charge in [0.05, 0.1) is 41.7 Å². The lowest BCUT2D eigenvalue weighted by atomic mass is 10.0. The number of fused-ring (bicyclic) bond motifs is 1. The van der Waals surface area contributed by atoms with E-state index in [1.54, 1.807) is 23.7 Å². The number of benzene rings is 1. The molecule has 0 aliphatic carbocycles. The van der Waals surface area contributed by atoms with Crippen LogP contribution in [0.3, 0.4) is 0 Å². The maximum atomic E-state index is 9.01. The summed E-state index contributed by atoms with van der Waals surface area (Å²) in [5.74, 6) is 0.419. The van der Waals surface area contributed by atoms with E-state index in [1.165, 1.54) is 0 Å². The molecule has 2 aromatic heterocycles. The number of aromatic nitrogens is 3. The lowest BCUT2D eigenvalue weighted by Crippen LogP contribution is -2.36. The van der Waals surface area contributed by atoms with E-state index < -0.39 is 0 Å². The molecule has 0 saturated carbocycles. The molecule has 1 aliphatic heterocycles. The molecule has 0 radical (unpaired) electrons. The van der Waals surface area contributed by atoms with Crippen molar-refractivity contribution in [1.29, 1.82) is 5.26 Å². The second-order valence-electron chi connectivity index (χ2n) is 8.33. The molecule has 34 heavy (non-hydrogen) atoms. The number of halogens is 1. The summed E-state index contributed by atoms with van der Waals surface area (Å²) in [7, 11) is 1.92. The number of pyridine rings is 1. The molecule has 0 bridgehead atoms. The average molecular weight is 496 g/mol. The summed E-state index contributed by atoms with van der Waals surface area (Å²) in [5, 5.41) is 17.1. The van der Waals surface area contributed by atoms with Gasteiger partial charge in [-0.3, -0.25) is 0 Å². The second kappa shape index (κ2) is 10.9. The first-order valence-electron chi connectivity index (χ1n) is 11.1. The number of rotatable bonds is 7. The largest absolute Gasteiger partial charge is 0.381 e. The fourth-order valence-electron chi connectivity index (χ4n) is 4.04. The Morgan fingerprint density at radius 1 is 1.41 bits per heavy atom. The van der Waals surface area contributed by atoms with Gasteiger partial charge in [-0.25, -0.2) is 15.0 Å². The molecular weight excluding hydrogens is 470 g/mol. The van der Waals surface area contributed by atoms with Crippen LogP contribution < -0.4 is 5.73 Å². The van der Waals surface area contributed by atoms with E-state index >= 15 is 0 Å². The van der Waals surface area contributed by atoms with Gasteiger partial charge in [0.2, 0.25) is 0 Å². The Balaban J connectivity index is 1.76. The standard InChI is InChI=1S/C24H26ClN7OS/c1-31-15-28-13-23(31)22-10-18(12-29-32(24(27)34)14-16-4-7-33-8-5-16)19-9-17(3-2-6-26)20(25)11-21(19)30-22/h9-13,15-16H,2-5,7-8,14H2,1H3,(H2,27,34)/b29-12+. The van der Waals surface area contributed by atoms with Crippen molar-refractivity contribution in [1.82, 2.24) is 19.5 Å². The van der Waals surface area contributed by atoms with Crippen LogP contribution in [-0.2, 0) is 18.2 Å². The van der Waals surface area contributed by atoms with Crippen molar-refractivity contribution in [2.45, 2.75) is 25.7 Å². The SMILES string of the molecule is Cn1cncc1-c1cc(/C=N/N(CC2CCOCC2)C(N)=S)c2cc(CCC#N)c(Cl)cc2n1. The van der Waals surface area contributed by atoms with Crippen molar-refractivity contribution >= 4 is 46.0 Å². The molecule has 1 saturated heterocycles. The van der Waals surface area contributed by atoms with Gasteiger partial charge in [-0.2, -0.15) is 10.4 Å². The molecule has 0 atom stereocenters. The van der Waals surface area contributed by atoms with Gasteiger partial charge in [0.15, 0.2) is 5.11 Å². The highest BCUT2D eigenvalue weighted by Gasteiger charge is 2.18. The number of hydrogen-bond acceptors (Lipinski definition) is 6. The Kier molecular flexibility index (Phi) is 7.73. The minimum atomic E-state index is 0.228. The number of hydrazone groups is 1. The predicted octanol–water partition coefficient (Wildman–Crippen LogP) is 4.05. The van der Waals surface area contributed by atoms with E-state index in [0.717, 1.165) is 59.5 Å². The highest BCUT2D eigenvalue weighted by Crippen LogP contribution is 2.29. The molecule has 1 aliphatic rings. The molecule has 8 nitrogen and oxygen atoms in total. The fraction of sp³-hybridized carbons (Fsp3) is 0.375. The second-order valence-corrected chi connectivity index (χ2v) is 9.15. The van der Waals surface area contributed by atoms with E-state index in [-0.39, 0.29) is 5.11 Å². The summed E-state index contributed by atoms with van der Waals surface area (Å²) in [6.07, 6.45) is 8.13. The Morgan fingerprint density at radius 2 is 2.21 bits per heavy atom. The number of nitrogens with zero attached hydrogens (tertiary/aromatic N) is 6. The number of nitrogens with two attached hydrogens (primary N) is 1. The number of aryl methyl sites for hydroxylation is 2. The molecule has 2 N–H and O–H groups in total. The number of nitriles is 1. The van der Waals surface area contributed by atoms with Crippen LogP contribution in [0.4, 0.5) is 0 Å². The molecule has 176 valence electrons. The quantitative estimate of drug-likeness (QED) is 0.299. The van der Waals surface area contributed by atoms with Crippen molar-refractivity contribution in [3.8, 4) is 17.5 Å². The molecular formula is C24H26ClN7OS. The van der Waals surface area contributed by atoms with Crippen LogP contribution in [0.2, 0.25) is 5.02 Å². The molecule has 1 aromatic carbocycles. The summed E-state index contributed by atoms with van der Waals surface area (Å²) in [5.41, 5.74) is 10.1. The van der Waals surface area contributed by atoms with E-state index in [2.05, 4.69) is 16.2 Å². The van der Waals surface area contributed by atoms with Crippen LogP contribution in [0.5, 0.6) is 0 Å². The van der Waals surface area contributed by atoms with Gasteiger partial charge in [0.25, 0.3) is 0 Å². The molecule has 0 unspecified atom stereocenters. The Hall–Kier alpha value is -3.06. The van der Waals surface area contributed by atoms with E-state index in [1.807, 2.05) is 29.8 Å². The molecule has 3 aromatic rings. The van der Waals surface area contributed by atoms with Crippen molar-refractivity contribution in [3.63, 3.8) is 0 Å². The summed E-state index contributed by atoms with van der Waals surface area (Å²) in [6.45, 7) is 2.13. The van der Waals surface area contributed by atoms with Crippen LogP contribution in [0, 0.1) is 17.2 Å². The van der Waals surface area contributed by atoms with Crippen molar-refractivity contribution in [3.05, 3.63) is 46.9 Å². The zero-order chi connectivity index (χ0) is 24.1. The van der Waals surface area contributed by atoms with Gasteiger partial charge >= 0.3 is 0 Å². The van der Waals surface area contributed by atoms with E-state index in [9.17, 15) is 0 Å². The fourth-order valence-corrected chi connectivity index (χ4v) is 4.42. The minimum Gasteiger partial charge on any atom is -0.381 e. The highest BCUT2D eigenvalue weighted by atomic mass is 35.5. The first-order chi connectivity index (χ1) is 16.5. The number of imidazole rings is 1. The third kappa shape index (κ3) is 5.53. The van der Waals surface area contributed by atoms with Gasteiger partial charge in [-0.15, -0.1) is 0 Å². The summed E-state index contributed by atoms with van der Waals surface area (Å²) in [6, 6.07) is 7.97. The molecule has 4 rings (SSSR count). The Morgan fingerprint density at radius 3 is 2.88 bits per heavy atom. The summed E-state index contributed by atoms with van der Waals surface area (Å²) < 4.78 is 7.37. The van der Waals surface area contributed by atoms with Crippen molar-refractivity contribution in [2.24, 2.45) is 23.8 Å². The van der Waals surface area contributed by atoms with E-state index in [4.69, 9.17) is 44.5 Å². The number of thiocarbonyl (C=S) groups is 1. The topological polar surface area (TPSA) is 105 Å². The van der Waals surface area contributed by atoms with Gasteiger partial charge in [0.1, 0.15) is 0 Å². The van der Waals surface area contributed by atoms with E-state index in [0.29, 0.717) is 30.3 Å². The Labute approximate surface area is 209 Å². The van der Waals surface area contributed by atoms with Crippen molar-refractivity contribution < 1.29 is 4.74 Å². The zero-order valence-electron chi connectivity index (χ0n) is 18.9. The first-order valence-corrected chi connectivity index (χ1v) is 11.9. The lowest BCUT2D eigenvalue weighted by molar-refractivity contribution is 0.0600.